The molecule has 1 aliphatic heterocycles. The van der Waals surface area contributed by atoms with E-state index < -0.39 is 22.9 Å². The van der Waals surface area contributed by atoms with Gasteiger partial charge in [-0.1, -0.05) is 46.3 Å². The summed E-state index contributed by atoms with van der Waals surface area (Å²) in [5.74, 6) is 1.27. The van der Waals surface area contributed by atoms with Crippen molar-refractivity contribution in [2.24, 2.45) is 45.8 Å². The number of aliphatic hydroxyl groups is 3. The molecule has 5 rings (SSSR count). The Morgan fingerprint density at radius 2 is 1.57 bits per heavy atom. The van der Waals surface area contributed by atoms with Gasteiger partial charge in [-0.05, 0) is 107 Å². The lowest BCUT2D eigenvalue weighted by Crippen LogP contribution is -2.70. The molecule has 3 N–H and O–H groups in total. The average molecular weight is 489 g/mol. The molecule has 35 heavy (non-hydrogen) atoms. The molecule has 0 aromatic carbocycles. The van der Waals surface area contributed by atoms with Gasteiger partial charge in [0.05, 0.1) is 11.7 Å². The second-order valence-corrected chi connectivity index (χ2v) is 15.3. The molecular weight excluding hydrogens is 436 g/mol. The zero-order chi connectivity index (χ0) is 26.0. The topological polar surface area (TPSA) is 69.9 Å². The Hall–Kier alpha value is -0.420. The van der Waals surface area contributed by atoms with Crippen LogP contribution < -0.4 is 0 Å². The molecule has 0 radical (unpaired) electrons. The molecule has 4 heteroatoms. The van der Waals surface area contributed by atoms with E-state index in [1.54, 1.807) is 0 Å². The van der Waals surface area contributed by atoms with Crippen molar-refractivity contribution in [1.82, 2.24) is 0 Å². The second-order valence-electron chi connectivity index (χ2n) is 15.3. The molecular formula is C31H52O4. The third-order valence-corrected chi connectivity index (χ3v) is 13.2. The highest BCUT2D eigenvalue weighted by atomic mass is 16.6. The van der Waals surface area contributed by atoms with E-state index in [0.29, 0.717) is 24.2 Å². The van der Waals surface area contributed by atoms with E-state index in [2.05, 4.69) is 54.5 Å². The van der Waals surface area contributed by atoms with Gasteiger partial charge in [-0.25, -0.2) is 0 Å². The minimum atomic E-state index is -1.25. The summed E-state index contributed by atoms with van der Waals surface area (Å²) in [5, 5.41) is 36.8. The van der Waals surface area contributed by atoms with Gasteiger partial charge in [0.2, 0.25) is 0 Å². The Kier molecular flexibility index (Phi) is 5.67. The predicted molar refractivity (Wildman–Crippen MR) is 140 cm³/mol. The summed E-state index contributed by atoms with van der Waals surface area (Å²) in [4.78, 5) is 0. The molecule has 12 atom stereocenters. The summed E-state index contributed by atoms with van der Waals surface area (Å²) in [7, 11) is 0. The number of aliphatic hydroxyl groups excluding tert-OH is 1. The van der Waals surface area contributed by atoms with Crippen LogP contribution in [-0.4, -0.2) is 44.3 Å². The summed E-state index contributed by atoms with van der Waals surface area (Å²) in [6.45, 7) is 20.1. The summed E-state index contributed by atoms with van der Waals surface area (Å²) < 4.78 is 6.61. The standard InChI is InChI=1S/C31H52O4/c1-18(2)10-13-23-29(8,33)24-20-11-12-22-27(6)16-14-19(3)26(4,5)21(27)15-17-28(22,7)31(20,34)25(32)30(24,9)35-23/h10,19-25,32-34H,11-17H2,1-9H3. The fourth-order valence-electron chi connectivity index (χ4n) is 11.2. The highest BCUT2D eigenvalue weighted by Crippen LogP contribution is 2.75. The van der Waals surface area contributed by atoms with Crippen LogP contribution in [0, 0.1) is 45.8 Å². The van der Waals surface area contributed by atoms with Crippen molar-refractivity contribution in [2.45, 2.75) is 136 Å². The minimum absolute atomic E-state index is 0.161. The van der Waals surface area contributed by atoms with Crippen LogP contribution in [0.2, 0.25) is 0 Å². The van der Waals surface area contributed by atoms with Crippen LogP contribution >= 0.6 is 0 Å². The average Bonchev–Trinajstić information content (AvgIpc) is 3.07. The Morgan fingerprint density at radius 3 is 2.20 bits per heavy atom. The smallest absolute Gasteiger partial charge is 0.113 e. The molecule has 12 unspecified atom stereocenters. The number of allylic oxidation sites excluding steroid dienone is 1. The van der Waals surface area contributed by atoms with Gasteiger partial charge in [0.25, 0.3) is 0 Å². The molecule has 5 aliphatic rings. The molecule has 0 bridgehead atoms. The first-order valence-corrected chi connectivity index (χ1v) is 14.4. The first-order chi connectivity index (χ1) is 16.0. The Labute approximate surface area is 213 Å². The molecule has 4 aliphatic carbocycles. The van der Waals surface area contributed by atoms with E-state index in [0.717, 1.165) is 25.7 Å². The van der Waals surface area contributed by atoms with E-state index >= 15 is 0 Å². The number of hydrogen-bond donors (Lipinski definition) is 3. The minimum Gasteiger partial charge on any atom is -0.387 e. The van der Waals surface area contributed by atoms with Crippen molar-refractivity contribution in [3.63, 3.8) is 0 Å². The van der Waals surface area contributed by atoms with E-state index in [9.17, 15) is 15.3 Å². The van der Waals surface area contributed by atoms with Crippen molar-refractivity contribution in [3.8, 4) is 0 Å². The maximum Gasteiger partial charge on any atom is 0.113 e. The molecule has 4 saturated carbocycles. The predicted octanol–water partition coefficient (Wildman–Crippen LogP) is 5.88. The summed E-state index contributed by atoms with van der Waals surface area (Å²) in [6.07, 6.45) is 7.77. The molecule has 1 saturated heterocycles. The monoisotopic (exact) mass is 488 g/mol. The zero-order valence-electron chi connectivity index (χ0n) is 23.8. The van der Waals surface area contributed by atoms with Crippen LogP contribution in [0.5, 0.6) is 0 Å². The van der Waals surface area contributed by atoms with Crippen LogP contribution in [0.1, 0.15) is 107 Å². The zero-order valence-corrected chi connectivity index (χ0v) is 23.8. The van der Waals surface area contributed by atoms with Gasteiger partial charge in [-0.3, -0.25) is 0 Å². The lowest BCUT2D eigenvalue weighted by atomic mass is 9.36. The van der Waals surface area contributed by atoms with E-state index in [1.165, 1.54) is 18.4 Å². The first-order valence-electron chi connectivity index (χ1n) is 14.4. The van der Waals surface area contributed by atoms with Crippen LogP contribution in [0.25, 0.3) is 0 Å². The number of rotatable bonds is 2. The lowest BCUT2D eigenvalue weighted by Gasteiger charge is -2.69. The highest BCUT2D eigenvalue weighted by molar-refractivity contribution is 5.30. The highest BCUT2D eigenvalue weighted by Gasteiger charge is 2.81. The van der Waals surface area contributed by atoms with E-state index in [1.807, 2.05) is 13.8 Å². The molecule has 0 amide bonds. The summed E-state index contributed by atoms with van der Waals surface area (Å²) in [5.41, 5.74) is -2.03. The molecule has 200 valence electrons. The van der Waals surface area contributed by atoms with Gasteiger partial charge in [0.1, 0.15) is 17.3 Å². The lowest BCUT2D eigenvalue weighted by molar-refractivity contribution is -0.281. The summed E-state index contributed by atoms with van der Waals surface area (Å²) >= 11 is 0. The number of hydrogen-bond acceptors (Lipinski definition) is 4. The third kappa shape index (κ3) is 3.00. The largest absolute Gasteiger partial charge is 0.387 e. The molecule has 1 heterocycles. The Balaban J connectivity index is 1.55. The van der Waals surface area contributed by atoms with E-state index in [-0.39, 0.29) is 34.2 Å². The summed E-state index contributed by atoms with van der Waals surface area (Å²) in [6, 6.07) is 0. The van der Waals surface area contributed by atoms with Crippen molar-refractivity contribution < 1.29 is 20.1 Å². The van der Waals surface area contributed by atoms with Gasteiger partial charge in [-0.15, -0.1) is 0 Å². The second kappa shape index (κ2) is 7.58. The molecule has 5 fully saturated rings. The van der Waals surface area contributed by atoms with Crippen LogP contribution in [-0.2, 0) is 4.74 Å². The maximum atomic E-state index is 12.8. The van der Waals surface area contributed by atoms with Crippen LogP contribution in [0.4, 0.5) is 0 Å². The number of ether oxygens (including phenoxy) is 1. The van der Waals surface area contributed by atoms with Crippen molar-refractivity contribution in [2.75, 3.05) is 0 Å². The van der Waals surface area contributed by atoms with Gasteiger partial charge < -0.3 is 20.1 Å². The van der Waals surface area contributed by atoms with Gasteiger partial charge in [0.15, 0.2) is 0 Å². The fourth-order valence-corrected chi connectivity index (χ4v) is 11.2. The maximum absolute atomic E-state index is 12.8. The fraction of sp³-hybridized carbons (Fsp3) is 0.935. The van der Waals surface area contributed by atoms with Crippen molar-refractivity contribution in [3.05, 3.63) is 11.6 Å². The number of fused-ring (bicyclic) bond motifs is 7. The first kappa shape index (κ1) is 26.2. The Morgan fingerprint density at radius 1 is 0.914 bits per heavy atom. The van der Waals surface area contributed by atoms with E-state index in [4.69, 9.17) is 4.74 Å². The quantitative estimate of drug-likeness (QED) is 0.425. The van der Waals surface area contributed by atoms with Gasteiger partial charge in [0, 0.05) is 11.3 Å². The SMILES string of the molecule is CC(C)=CCC1OC2(C)C(C3CCC4C5(C)CCC(C)C(C)(C)C5CCC4(C)C3(O)C2O)C1(C)O. The molecule has 4 nitrogen and oxygen atoms in total. The van der Waals surface area contributed by atoms with Gasteiger partial charge in [-0.2, -0.15) is 0 Å². The normalized spacial score (nSPS) is 58.7. The van der Waals surface area contributed by atoms with Crippen molar-refractivity contribution >= 4 is 0 Å². The molecule has 0 aromatic rings. The molecule has 0 spiro atoms. The molecule has 0 aromatic heterocycles. The van der Waals surface area contributed by atoms with Crippen LogP contribution in [0.15, 0.2) is 11.6 Å². The third-order valence-electron chi connectivity index (χ3n) is 13.2. The van der Waals surface area contributed by atoms with Crippen LogP contribution in [0.3, 0.4) is 0 Å². The van der Waals surface area contributed by atoms with Crippen molar-refractivity contribution in [1.29, 1.82) is 0 Å². The van der Waals surface area contributed by atoms with Gasteiger partial charge >= 0.3 is 0 Å². The Bertz CT molecular complexity index is 904.